The van der Waals surface area contributed by atoms with Crippen molar-refractivity contribution in [2.75, 3.05) is 17.6 Å². The molecule has 6 nitrogen and oxygen atoms in total. The second kappa shape index (κ2) is 5.21. The van der Waals surface area contributed by atoms with Gasteiger partial charge < -0.3 is 10.5 Å². The number of sulfonamides is 1. The summed E-state index contributed by atoms with van der Waals surface area (Å²) in [6, 6.07) is 3.24. The SMILES string of the molecule is COC(=O)C(C)S(=O)(=O)Nc1cc(N)cc(F)c1. The molecular formula is C10H13FN2O4S. The normalized spacial score (nSPS) is 12.8. The van der Waals surface area contributed by atoms with E-state index >= 15 is 0 Å². The van der Waals surface area contributed by atoms with E-state index in [1.165, 1.54) is 6.07 Å². The number of nitrogen functional groups attached to an aromatic ring is 1. The Morgan fingerprint density at radius 2 is 2.06 bits per heavy atom. The van der Waals surface area contributed by atoms with E-state index in [1.54, 1.807) is 0 Å². The summed E-state index contributed by atoms with van der Waals surface area (Å²) in [7, 11) is -2.93. The van der Waals surface area contributed by atoms with Crippen LogP contribution < -0.4 is 10.5 Å². The van der Waals surface area contributed by atoms with Crippen molar-refractivity contribution < 1.29 is 22.3 Å². The van der Waals surface area contributed by atoms with Gasteiger partial charge in [0.05, 0.1) is 12.8 Å². The van der Waals surface area contributed by atoms with E-state index in [9.17, 15) is 17.6 Å². The molecule has 0 saturated heterocycles. The van der Waals surface area contributed by atoms with Gasteiger partial charge in [-0.1, -0.05) is 0 Å². The molecule has 8 heteroatoms. The van der Waals surface area contributed by atoms with Crippen LogP contribution in [0.25, 0.3) is 0 Å². The Morgan fingerprint density at radius 1 is 1.44 bits per heavy atom. The van der Waals surface area contributed by atoms with Crippen LogP contribution in [-0.4, -0.2) is 26.7 Å². The number of ether oxygens (including phenoxy) is 1. The lowest BCUT2D eigenvalue weighted by atomic mass is 10.3. The molecule has 0 heterocycles. The van der Waals surface area contributed by atoms with Gasteiger partial charge in [0.15, 0.2) is 5.25 Å². The lowest BCUT2D eigenvalue weighted by molar-refractivity contribution is -0.139. The van der Waals surface area contributed by atoms with Crippen LogP contribution in [0.4, 0.5) is 15.8 Å². The fourth-order valence-corrected chi connectivity index (χ4v) is 2.19. The van der Waals surface area contributed by atoms with Crippen molar-refractivity contribution in [1.82, 2.24) is 0 Å². The fraction of sp³-hybridized carbons (Fsp3) is 0.300. The summed E-state index contributed by atoms with van der Waals surface area (Å²) in [5.74, 6) is -1.59. The van der Waals surface area contributed by atoms with Gasteiger partial charge in [-0.15, -0.1) is 0 Å². The largest absolute Gasteiger partial charge is 0.468 e. The summed E-state index contributed by atoms with van der Waals surface area (Å²) in [5, 5.41) is -1.41. The zero-order chi connectivity index (χ0) is 13.9. The second-order valence-electron chi connectivity index (χ2n) is 3.59. The van der Waals surface area contributed by atoms with Gasteiger partial charge in [-0.2, -0.15) is 0 Å². The van der Waals surface area contributed by atoms with Crippen LogP contribution in [0.2, 0.25) is 0 Å². The molecule has 1 aromatic rings. The maximum absolute atomic E-state index is 13.0. The van der Waals surface area contributed by atoms with Crippen LogP contribution in [0, 0.1) is 5.82 Å². The minimum Gasteiger partial charge on any atom is -0.468 e. The van der Waals surface area contributed by atoms with Gasteiger partial charge >= 0.3 is 5.97 Å². The summed E-state index contributed by atoms with van der Waals surface area (Å²) in [5.41, 5.74) is 5.39. The maximum atomic E-state index is 13.0. The Morgan fingerprint density at radius 3 is 2.56 bits per heavy atom. The predicted octanol–water partition coefficient (Wildman–Crippen LogP) is 0.711. The Labute approximate surface area is 104 Å². The number of methoxy groups -OCH3 is 1. The summed E-state index contributed by atoms with van der Waals surface area (Å²) in [6.07, 6.45) is 0. The van der Waals surface area contributed by atoms with Crippen molar-refractivity contribution in [2.24, 2.45) is 0 Å². The standard InChI is InChI=1S/C10H13FN2O4S/c1-6(10(14)17-2)18(15,16)13-9-4-7(11)3-8(12)5-9/h3-6,13H,12H2,1-2H3. The number of carbonyl (C=O) groups excluding carboxylic acids is 1. The van der Waals surface area contributed by atoms with E-state index in [2.05, 4.69) is 9.46 Å². The van der Waals surface area contributed by atoms with Gasteiger partial charge in [0.1, 0.15) is 5.82 Å². The van der Waals surface area contributed by atoms with Gasteiger partial charge in [0, 0.05) is 5.69 Å². The summed E-state index contributed by atoms with van der Waals surface area (Å²) in [4.78, 5) is 11.1. The first-order valence-electron chi connectivity index (χ1n) is 4.92. The second-order valence-corrected chi connectivity index (χ2v) is 5.59. The molecule has 0 radical (unpaired) electrons. The van der Waals surface area contributed by atoms with Crippen LogP contribution in [0.3, 0.4) is 0 Å². The maximum Gasteiger partial charge on any atom is 0.325 e. The molecule has 0 aliphatic rings. The zero-order valence-electron chi connectivity index (χ0n) is 9.81. The van der Waals surface area contributed by atoms with Crippen LogP contribution in [0.5, 0.6) is 0 Å². The number of rotatable bonds is 4. The smallest absolute Gasteiger partial charge is 0.325 e. The molecule has 0 saturated carbocycles. The molecule has 100 valence electrons. The first-order chi connectivity index (χ1) is 8.26. The van der Waals surface area contributed by atoms with Crippen molar-refractivity contribution in [3.63, 3.8) is 0 Å². The molecule has 0 fully saturated rings. The van der Waals surface area contributed by atoms with Gasteiger partial charge in [0.25, 0.3) is 0 Å². The number of nitrogens with two attached hydrogens (primary N) is 1. The van der Waals surface area contributed by atoms with E-state index in [4.69, 9.17) is 5.73 Å². The first-order valence-corrected chi connectivity index (χ1v) is 6.46. The topological polar surface area (TPSA) is 98.5 Å². The third-order valence-electron chi connectivity index (χ3n) is 2.18. The molecule has 1 atom stereocenters. The molecular weight excluding hydrogens is 263 g/mol. The number of nitrogens with one attached hydrogen (secondary N) is 1. The molecule has 1 unspecified atom stereocenters. The molecule has 0 amide bonds. The number of hydrogen-bond donors (Lipinski definition) is 2. The van der Waals surface area contributed by atoms with E-state index in [-0.39, 0.29) is 11.4 Å². The van der Waals surface area contributed by atoms with Gasteiger partial charge in [-0.05, 0) is 25.1 Å². The zero-order valence-corrected chi connectivity index (χ0v) is 10.6. The number of esters is 1. The van der Waals surface area contributed by atoms with Gasteiger partial charge in [-0.25, -0.2) is 12.8 Å². The lowest BCUT2D eigenvalue weighted by Crippen LogP contribution is -2.33. The summed E-state index contributed by atoms with van der Waals surface area (Å²) < 4.78 is 42.9. The van der Waals surface area contributed by atoms with E-state index in [0.29, 0.717) is 0 Å². The van der Waals surface area contributed by atoms with E-state index < -0.39 is 27.1 Å². The van der Waals surface area contributed by atoms with Gasteiger partial charge in [0.2, 0.25) is 10.0 Å². The number of carbonyl (C=O) groups is 1. The van der Waals surface area contributed by atoms with Crippen molar-refractivity contribution in [1.29, 1.82) is 0 Å². The number of anilines is 2. The number of hydrogen-bond acceptors (Lipinski definition) is 5. The molecule has 0 aromatic heterocycles. The predicted molar refractivity (Wildman–Crippen MR) is 64.8 cm³/mol. The van der Waals surface area contributed by atoms with Crippen molar-refractivity contribution in [2.45, 2.75) is 12.2 Å². The van der Waals surface area contributed by atoms with Crippen LogP contribution in [-0.2, 0) is 19.6 Å². The van der Waals surface area contributed by atoms with Crippen molar-refractivity contribution in [3.05, 3.63) is 24.0 Å². The highest BCUT2D eigenvalue weighted by Crippen LogP contribution is 2.18. The first kappa shape index (κ1) is 14.2. The minimum atomic E-state index is -4.00. The quantitative estimate of drug-likeness (QED) is 0.623. The average molecular weight is 276 g/mol. The highest BCUT2D eigenvalue weighted by molar-refractivity contribution is 7.94. The average Bonchev–Trinajstić information content (AvgIpc) is 2.24. The Kier molecular flexibility index (Phi) is 4.12. The van der Waals surface area contributed by atoms with Crippen molar-refractivity contribution >= 4 is 27.4 Å². The number of halogens is 1. The highest BCUT2D eigenvalue weighted by Gasteiger charge is 2.28. The highest BCUT2D eigenvalue weighted by atomic mass is 32.2. The minimum absolute atomic E-state index is 0.0525. The molecule has 18 heavy (non-hydrogen) atoms. The molecule has 0 spiro atoms. The number of benzene rings is 1. The molecule has 0 aliphatic carbocycles. The monoisotopic (exact) mass is 276 g/mol. The van der Waals surface area contributed by atoms with Crippen molar-refractivity contribution in [3.8, 4) is 0 Å². The third-order valence-corrected chi connectivity index (χ3v) is 3.82. The fourth-order valence-electron chi connectivity index (χ4n) is 1.22. The molecule has 1 aromatic carbocycles. The van der Waals surface area contributed by atoms with E-state index in [1.807, 2.05) is 0 Å². The Hall–Kier alpha value is -1.83. The Bertz CT molecular complexity index is 539. The molecule has 0 bridgehead atoms. The lowest BCUT2D eigenvalue weighted by Gasteiger charge is -2.13. The third kappa shape index (κ3) is 3.33. The summed E-state index contributed by atoms with van der Waals surface area (Å²) >= 11 is 0. The van der Waals surface area contributed by atoms with Crippen LogP contribution in [0.1, 0.15) is 6.92 Å². The Balaban J connectivity index is 2.99. The summed E-state index contributed by atoms with van der Waals surface area (Å²) in [6.45, 7) is 1.16. The molecule has 1 rings (SSSR count). The molecule has 0 aliphatic heterocycles. The molecule has 3 N–H and O–H groups in total. The van der Waals surface area contributed by atoms with Crippen LogP contribution in [0.15, 0.2) is 18.2 Å². The van der Waals surface area contributed by atoms with Crippen LogP contribution >= 0.6 is 0 Å². The van der Waals surface area contributed by atoms with E-state index in [0.717, 1.165) is 26.2 Å². The van der Waals surface area contributed by atoms with Gasteiger partial charge in [-0.3, -0.25) is 9.52 Å².